The molecule has 0 amide bonds. The van der Waals surface area contributed by atoms with E-state index in [9.17, 15) is 14.7 Å². The lowest BCUT2D eigenvalue weighted by atomic mass is 10.1. The summed E-state index contributed by atoms with van der Waals surface area (Å²) in [5.74, 6) is -1.60. The number of aliphatic hydroxyl groups is 1. The van der Waals surface area contributed by atoms with Crippen LogP contribution in [-0.4, -0.2) is 43.8 Å². The molecule has 0 unspecified atom stereocenters. The van der Waals surface area contributed by atoms with Crippen molar-refractivity contribution in [1.29, 1.82) is 0 Å². The van der Waals surface area contributed by atoms with Crippen molar-refractivity contribution in [3.05, 3.63) is 35.9 Å². The molecule has 6 heteroatoms. The molecule has 0 aliphatic carbocycles. The lowest BCUT2D eigenvalue weighted by Gasteiger charge is -2.06. The Morgan fingerprint density at radius 2 is 1.86 bits per heavy atom. The van der Waals surface area contributed by atoms with Crippen molar-refractivity contribution < 1.29 is 28.9 Å². The number of esters is 1. The highest BCUT2D eigenvalue weighted by atomic mass is 16.5. The highest BCUT2D eigenvalue weighted by Gasteiger charge is 2.13. The Hall–Kier alpha value is -2.34. The summed E-state index contributed by atoms with van der Waals surface area (Å²) in [6.45, 7) is 2.59. The molecule has 0 atom stereocenters. The minimum absolute atomic E-state index is 0.104. The van der Waals surface area contributed by atoms with Gasteiger partial charge in [0.15, 0.2) is 0 Å². The van der Waals surface area contributed by atoms with Gasteiger partial charge in [-0.25, -0.2) is 4.79 Å². The van der Waals surface area contributed by atoms with Crippen molar-refractivity contribution in [1.82, 2.24) is 0 Å². The predicted octanol–water partition coefficient (Wildman–Crippen LogP) is 1.74. The van der Waals surface area contributed by atoms with Gasteiger partial charge in [0.2, 0.25) is 0 Å². The summed E-state index contributed by atoms with van der Waals surface area (Å²) in [5.41, 5.74) is 0.395. The average Bonchev–Trinajstić information content (AvgIpc) is 2.48. The van der Waals surface area contributed by atoms with Crippen LogP contribution in [0.5, 0.6) is 5.75 Å². The standard InChI is InChI=1S/C15H18O6/c1-3-20-15(18)14(17)10-13(16)11-4-6-12(7-5-11)21-9-8-19-2/h4-7,10,16H,3,8-9H2,1-2H3. The number of rotatable bonds is 8. The van der Waals surface area contributed by atoms with Crippen molar-refractivity contribution in [3.63, 3.8) is 0 Å². The van der Waals surface area contributed by atoms with Gasteiger partial charge in [-0.3, -0.25) is 4.79 Å². The molecule has 1 aromatic rings. The molecule has 0 spiro atoms. The molecule has 1 rings (SSSR count). The predicted molar refractivity (Wildman–Crippen MR) is 76.1 cm³/mol. The second-order valence-corrected chi connectivity index (χ2v) is 3.98. The summed E-state index contributed by atoms with van der Waals surface area (Å²) in [5, 5.41) is 9.78. The molecule has 0 saturated carbocycles. The van der Waals surface area contributed by atoms with E-state index in [-0.39, 0.29) is 12.4 Å². The van der Waals surface area contributed by atoms with E-state index in [0.717, 1.165) is 6.08 Å². The molecule has 1 N–H and O–H groups in total. The van der Waals surface area contributed by atoms with E-state index >= 15 is 0 Å². The van der Waals surface area contributed by atoms with Gasteiger partial charge in [0, 0.05) is 18.7 Å². The third-order valence-electron chi connectivity index (χ3n) is 2.45. The van der Waals surface area contributed by atoms with Gasteiger partial charge in [0.25, 0.3) is 5.78 Å². The summed E-state index contributed by atoms with van der Waals surface area (Å²) in [6, 6.07) is 6.44. The SMILES string of the molecule is CCOC(=O)C(=O)C=C(O)c1ccc(OCCOC)cc1. The first-order chi connectivity index (χ1) is 10.1. The first-order valence-electron chi connectivity index (χ1n) is 6.42. The van der Waals surface area contributed by atoms with Crippen LogP contribution in [0.2, 0.25) is 0 Å². The minimum Gasteiger partial charge on any atom is -0.507 e. The van der Waals surface area contributed by atoms with E-state index in [1.54, 1.807) is 38.3 Å². The number of carbonyl (C=O) groups excluding carboxylic acids is 2. The van der Waals surface area contributed by atoms with Crippen LogP contribution in [0.4, 0.5) is 0 Å². The zero-order valence-electron chi connectivity index (χ0n) is 12.0. The van der Waals surface area contributed by atoms with Crippen LogP contribution in [0.3, 0.4) is 0 Å². The third-order valence-corrected chi connectivity index (χ3v) is 2.45. The molecule has 114 valence electrons. The molecule has 0 fully saturated rings. The van der Waals surface area contributed by atoms with Gasteiger partial charge in [-0.05, 0) is 31.2 Å². The first kappa shape index (κ1) is 16.7. The maximum Gasteiger partial charge on any atom is 0.379 e. The second-order valence-electron chi connectivity index (χ2n) is 3.98. The van der Waals surface area contributed by atoms with Gasteiger partial charge in [-0.15, -0.1) is 0 Å². The molecule has 21 heavy (non-hydrogen) atoms. The topological polar surface area (TPSA) is 82.1 Å². The summed E-state index contributed by atoms with van der Waals surface area (Å²) in [6.07, 6.45) is 0.832. The van der Waals surface area contributed by atoms with Gasteiger partial charge in [-0.1, -0.05) is 0 Å². The van der Waals surface area contributed by atoms with Crippen molar-refractivity contribution in [2.45, 2.75) is 6.92 Å². The molecular weight excluding hydrogens is 276 g/mol. The molecule has 1 aromatic carbocycles. The molecule has 6 nitrogen and oxygen atoms in total. The fraction of sp³-hybridized carbons (Fsp3) is 0.333. The lowest BCUT2D eigenvalue weighted by molar-refractivity contribution is -0.151. The van der Waals surface area contributed by atoms with Crippen LogP contribution in [0, 0.1) is 0 Å². The monoisotopic (exact) mass is 294 g/mol. The normalized spacial score (nSPS) is 11.0. The van der Waals surface area contributed by atoms with Gasteiger partial charge >= 0.3 is 5.97 Å². The third kappa shape index (κ3) is 5.66. The first-order valence-corrected chi connectivity index (χ1v) is 6.42. The Labute approximate surface area is 122 Å². The van der Waals surface area contributed by atoms with Crippen molar-refractivity contribution in [3.8, 4) is 5.75 Å². The number of ketones is 1. The maximum absolute atomic E-state index is 11.4. The van der Waals surface area contributed by atoms with Crippen LogP contribution >= 0.6 is 0 Å². The molecule has 0 bridgehead atoms. The zero-order valence-corrected chi connectivity index (χ0v) is 12.0. The average molecular weight is 294 g/mol. The minimum atomic E-state index is -0.997. The highest BCUT2D eigenvalue weighted by molar-refractivity contribution is 6.39. The Bertz CT molecular complexity index is 503. The smallest absolute Gasteiger partial charge is 0.379 e. The van der Waals surface area contributed by atoms with E-state index in [4.69, 9.17) is 9.47 Å². The summed E-state index contributed by atoms with van der Waals surface area (Å²) >= 11 is 0. The fourth-order valence-electron chi connectivity index (χ4n) is 1.43. The van der Waals surface area contributed by atoms with E-state index < -0.39 is 11.8 Å². The van der Waals surface area contributed by atoms with Crippen LogP contribution in [0.25, 0.3) is 5.76 Å². The Morgan fingerprint density at radius 3 is 2.43 bits per heavy atom. The largest absolute Gasteiger partial charge is 0.507 e. The molecule has 0 heterocycles. The van der Waals surface area contributed by atoms with Gasteiger partial charge in [0.05, 0.1) is 13.2 Å². The zero-order chi connectivity index (χ0) is 15.7. The summed E-state index contributed by atoms with van der Waals surface area (Å²) in [7, 11) is 1.58. The van der Waals surface area contributed by atoms with E-state index in [2.05, 4.69) is 4.74 Å². The molecule has 0 aromatic heterocycles. The quantitative estimate of drug-likeness (QED) is 0.258. The molecule has 0 aliphatic heterocycles. The molecule has 0 aliphatic rings. The van der Waals surface area contributed by atoms with Crippen molar-refractivity contribution in [2.24, 2.45) is 0 Å². The number of aliphatic hydroxyl groups excluding tert-OH is 1. The van der Waals surface area contributed by atoms with Gasteiger partial charge in [-0.2, -0.15) is 0 Å². The second kappa shape index (κ2) is 8.76. The lowest BCUT2D eigenvalue weighted by Crippen LogP contribution is -2.15. The summed E-state index contributed by atoms with van der Waals surface area (Å²) < 4.78 is 14.8. The van der Waals surface area contributed by atoms with Gasteiger partial charge < -0.3 is 19.3 Å². The molecule has 0 saturated heterocycles. The molecular formula is C15H18O6. The Morgan fingerprint density at radius 1 is 1.19 bits per heavy atom. The van der Waals surface area contributed by atoms with Crippen molar-refractivity contribution in [2.75, 3.05) is 26.9 Å². The fourth-order valence-corrected chi connectivity index (χ4v) is 1.43. The summed E-state index contributed by atoms with van der Waals surface area (Å²) in [4.78, 5) is 22.6. The Kier molecular flexibility index (Phi) is 6.97. The molecule has 0 radical (unpaired) electrons. The number of ether oxygens (including phenoxy) is 3. The number of hydrogen-bond acceptors (Lipinski definition) is 6. The van der Waals surface area contributed by atoms with Crippen LogP contribution < -0.4 is 4.74 Å². The number of methoxy groups -OCH3 is 1. The van der Waals surface area contributed by atoms with E-state index in [1.807, 2.05) is 0 Å². The maximum atomic E-state index is 11.4. The number of benzene rings is 1. The van der Waals surface area contributed by atoms with E-state index in [1.165, 1.54) is 0 Å². The van der Waals surface area contributed by atoms with Gasteiger partial charge in [0.1, 0.15) is 18.1 Å². The number of carbonyl (C=O) groups is 2. The number of hydrogen-bond donors (Lipinski definition) is 1. The van der Waals surface area contributed by atoms with E-state index in [0.29, 0.717) is 24.5 Å². The Balaban J connectivity index is 2.67. The van der Waals surface area contributed by atoms with Crippen molar-refractivity contribution >= 4 is 17.5 Å². The highest BCUT2D eigenvalue weighted by Crippen LogP contribution is 2.17. The van der Waals surface area contributed by atoms with Crippen LogP contribution in [-0.2, 0) is 19.1 Å². The van der Waals surface area contributed by atoms with Crippen LogP contribution in [0.15, 0.2) is 30.3 Å². The van der Waals surface area contributed by atoms with Crippen LogP contribution in [0.1, 0.15) is 12.5 Å².